The van der Waals surface area contributed by atoms with Crippen LogP contribution in [0.5, 0.6) is 0 Å². The van der Waals surface area contributed by atoms with Crippen molar-refractivity contribution in [1.29, 1.82) is 0 Å². The number of hydrogen-bond acceptors (Lipinski definition) is 5. The van der Waals surface area contributed by atoms with Gasteiger partial charge < -0.3 is 5.73 Å². The number of benzene rings is 3. The predicted octanol–water partition coefficient (Wildman–Crippen LogP) is 4.05. The molecule has 4 rings (SSSR count). The molecule has 3 aromatic rings. The first-order valence-corrected chi connectivity index (χ1v) is 11.3. The summed E-state index contributed by atoms with van der Waals surface area (Å²) in [6, 6.07) is 20.2. The molecule has 1 aliphatic rings. The van der Waals surface area contributed by atoms with E-state index >= 15 is 0 Å². The van der Waals surface area contributed by atoms with Crippen LogP contribution in [0.1, 0.15) is 30.5 Å². The number of sulfonamides is 1. The monoisotopic (exact) mass is 452 g/mol. The first-order valence-electron chi connectivity index (χ1n) is 9.86. The summed E-state index contributed by atoms with van der Waals surface area (Å²) < 4.78 is 39.5. The normalized spacial score (nSPS) is 16.0. The SMILES string of the molecule is CC(=O)N1N=C(c2ccc(N(F)S(=O)(=O)c3ccccc3)cc2)CC1c1cccc(N)c1. The highest BCUT2D eigenvalue weighted by Gasteiger charge is 2.32. The van der Waals surface area contributed by atoms with Gasteiger partial charge in [0.15, 0.2) is 0 Å². The Bertz CT molecular complexity index is 1280. The fourth-order valence-corrected chi connectivity index (χ4v) is 4.68. The summed E-state index contributed by atoms with van der Waals surface area (Å²) in [4.78, 5) is 12.0. The molecule has 1 unspecified atom stereocenters. The number of hydrazone groups is 1. The van der Waals surface area contributed by atoms with E-state index in [0.717, 1.165) is 5.56 Å². The van der Waals surface area contributed by atoms with E-state index in [1.807, 2.05) is 12.1 Å². The molecule has 0 spiro atoms. The van der Waals surface area contributed by atoms with Crippen LogP contribution >= 0.6 is 0 Å². The van der Waals surface area contributed by atoms with Gasteiger partial charge >= 0.3 is 0 Å². The average Bonchev–Trinajstić information content (AvgIpc) is 3.25. The van der Waals surface area contributed by atoms with Crippen LogP contribution < -0.4 is 10.3 Å². The number of carbonyl (C=O) groups is 1. The van der Waals surface area contributed by atoms with E-state index in [4.69, 9.17) is 5.73 Å². The summed E-state index contributed by atoms with van der Waals surface area (Å²) in [6.45, 7) is 1.43. The highest BCUT2D eigenvalue weighted by Crippen LogP contribution is 2.34. The lowest BCUT2D eigenvalue weighted by atomic mass is 9.98. The van der Waals surface area contributed by atoms with E-state index in [2.05, 4.69) is 5.10 Å². The van der Waals surface area contributed by atoms with Gasteiger partial charge in [0, 0.05) is 19.0 Å². The number of anilines is 2. The fourth-order valence-electron chi connectivity index (χ4n) is 3.60. The van der Waals surface area contributed by atoms with Gasteiger partial charge in [-0.1, -0.05) is 51.5 Å². The lowest BCUT2D eigenvalue weighted by Crippen LogP contribution is -2.24. The van der Waals surface area contributed by atoms with Crippen LogP contribution in [-0.2, 0) is 14.8 Å². The van der Waals surface area contributed by atoms with Crippen molar-refractivity contribution >= 4 is 33.0 Å². The topological polar surface area (TPSA) is 96.1 Å². The zero-order chi connectivity index (χ0) is 22.9. The Morgan fingerprint density at radius 2 is 1.75 bits per heavy atom. The van der Waals surface area contributed by atoms with Crippen molar-refractivity contribution < 1.29 is 17.7 Å². The van der Waals surface area contributed by atoms with Gasteiger partial charge in [0.1, 0.15) is 0 Å². The maximum Gasteiger partial charge on any atom is 0.290 e. The van der Waals surface area contributed by atoms with Crippen LogP contribution in [0.3, 0.4) is 0 Å². The Balaban J connectivity index is 1.59. The van der Waals surface area contributed by atoms with E-state index in [1.54, 1.807) is 30.3 Å². The van der Waals surface area contributed by atoms with Gasteiger partial charge in [-0.05, 0) is 47.5 Å². The Labute approximate surface area is 185 Å². The Morgan fingerprint density at radius 3 is 2.38 bits per heavy atom. The smallest absolute Gasteiger partial charge is 0.290 e. The second kappa shape index (κ2) is 8.43. The summed E-state index contributed by atoms with van der Waals surface area (Å²) >= 11 is 0. The third kappa shape index (κ3) is 4.06. The zero-order valence-corrected chi connectivity index (χ0v) is 18.0. The van der Waals surface area contributed by atoms with Crippen molar-refractivity contribution in [3.8, 4) is 0 Å². The molecule has 0 radical (unpaired) electrons. The van der Waals surface area contributed by atoms with E-state index in [-0.39, 0.29) is 27.1 Å². The van der Waals surface area contributed by atoms with Gasteiger partial charge in [0.05, 0.1) is 22.3 Å². The number of amides is 1. The first-order chi connectivity index (χ1) is 15.3. The number of hydrogen-bond donors (Lipinski definition) is 1. The Morgan fingerprint density at radius 1 is 1.06 bits per heavy atom. The molecule has 32 heavy (non-hydrogen) atoms. The number of halogens is 1. The lowest BCUT2D eigenvalue weighted by molar-refractivity contribution is -0.130. The van der Waals surface area contributed by atoms with Gasteiger partial charge in [-0.15, -0.1) is 0 Å². The molecule has 0 saturated carbocycles. The minimum atomic E-state index is -4.32. The van der Waals surface area contributed by atoms with Gasteiger partial charge in [-0.25, -0.2) is 5.01 Å². The van der Waals surface area contributed by atoms with Gasteiger partial charge in [-0.3, -0.25) is 4.79 Å². The first kappa shape index (κ1) is 21.5. The summed E-state index contributed by atoms with van der Waals surface area (Å²) in [6.07, 6.45) is 0.448. The number of nitrogens with two attached hydrogens (primary N) is 1. The van der Waals surface area contributed by atoms with E-state index in [1.165, 1.54) is 48.3 Å². The quantitative estimate of drug-likeness (QED) is 0.467. The molecule has 1 aliphatic heterocycles. The highest BCUT2D eigenvalue weighted by atomic mass is 32.2. The zero-order valence-electron chi connectivity index (χ0n) is 17.2. The molecule has 3 aromatic carbocycles. The summed E-state index contributed by atoms with van der Waals surface area (Å²) in [5, 5.41) is 5.85. The van der Waals surface area contributed by atoms with Crippen LogP contribution in [-0.4, -0.2) is 25.0 Å². The minimum absolute atomic E-state index is 0.132. The molecular weight excluding hydrogens is 431 g/mol. The molecule has 164 valence electrons. The molecule has 0 fully saturated rings. The standard InChI is InChI=1S/C23H21FN4O3S/c1-16(29)27-23(18-6-5-7-19(25)14-18)15-22(26-27)17-10-12-20(13-11-17)28(24)32(30,31)21-8-3-2-4-9-21/h2-14,23H,15,25H2,1H3. The molecule has 9 heteroatoms. The van der Waals surface area contributed by atoms with Gasteiger partial charge in [0.2, 0.25) is 5.91 Å². The van der Waals surface area contributed by atoms with Crippen molar-refractivity contribution in [2.24, 2.45) is 5.10 Å². The summed E-state index contributed by atoms with van der Waals surface area (Å²) in [7, 11) is -4.32. The Hall–Kier alpha value is -3.72. The maximum absolute atomic E-state index is 14.7. The molecule has 1 atom stereocenters. The van der Waals surface area contributed by atoms with Crippen LogP contribution in [0.2, 0.25) is 0 Å². The highest BCUT2D eigenvalue weighted by molar-refractivity contribution is 7.92. The number of rotatable bonds is 5. The molecule has 0 saturated heterocycles. The van der Waals surface area contributed by atoms with Crippen molar-refractivity contribution in [2.75, 3.05) is 10.3 Å². The summed E-state index contributed by atoms with van der Waals surface area (Å²) in [5.41, 5.74) is 8.50. The number of carbonyl (C=O) groups excluding carboxylic acids is 1. The fraction of sp³-hybridized carbons (Fsp3) is 0.130. The van der Waals surface area contributed by atoms with Crippen LogP contribution in [0.15, 0.2) is 88.9 Å². The maximum atomic E-state index is 14.7. The van der Waals surface area contributed by atoms with Crippen molar-refractivity contribution in [3.63, 3.8) is 0 Å². The largest absolute Gasteiger partial charge is 0.399 e. The molecule has 1 amide bonds. The van der Waals surface area contributed by atoms with E-state index < -0.39 is 10.0 Å². The van der Waals surface area contributed by atoms with E-state index in [9.17, 15) is 17.7 Å². The third-order valence-corrected chi connectivity index (χ3v) is 6.68. The molecule has 2 N–H and O–H groups in total. The third-order valence-electron chi connectivity index (χ3n) is 5.18. The average molecular weight is 453 g/mol. The van der Waals surface area contributed by atoms with Crippen molar-refractivity contribution in [2.45, 2.75) is 24.3 Å². The van der Waals surface area contributed by atoms with Crippen LogP contribution in [0.4, 0.5) is 15.9 Å². The van der Waals surface area contributed by atoms with Crippen molar-refractivity contribution in [1.82, 2.24) is 5.01 Å². The van der Waals surface area contributed by atoms with Gasteiger partial charge in [0.25, 0.3) is 10.0 Å². The molecule has 0 aliphatic carbocycles. The second-order valence-corrected chi connectivity index (χ2v) is 9.12. The van der Waals surface area contributed by atoms with Crippen LogP contribution in [0, 0.1) is 0 Å². The molecule has 0 bridgehead atoms. The lowest BCUT2D eigenvalue weighted by Gasteiger charge is -2.20. The molecule has 7 nitrogen and oxygen atoms in total. The predicted molar refractivity (Wildman–Crippen MR) is 121 cm³/mol. The second-order valence-electron chi connectivity index (χ2n) is 7.38. The Kier molecular flexibility index (Phi) is 5.67. The summed E-state index contributed by atoms with van der Waals surface area (Å²) in [5.74, 6) is -0.215. The molecule has 1 heterocycles. The van der Waals surface area contributed by atoms with Crippen LogP contribution in [0.25, 0.3) is 0 Å². The van der Waals surface area contributed by atoms with Gasteiger partial charge in [-0.2, -0.15) is 13.5 Å². The molecule has 0 aromatic heterocycles. The number of nitrogen functional groups attached to an aromatic ring is 1. The minimum Gasteiger partial charge on any atom is -0.399 e. The number of nitrogens with zero attached hydrogens (tertiary/aromatic N) is 3. The van der Waals surface area contributed by atoms with Crippen molar-refractivity contribution in [3.05, 3.63) is 90.0 Å². The molecular formula is C23H21FN4O3S. The van der Waals surface area contributed by atoms with E-state index in [0.29, 0.717) is 23.4 Å².